The van der Waals surface area contributed by atoms with Crippen molar-refractivity contribution in [1.82, 2.24) is 4.90 Å². The molecule has 4 rings (SSSR count). The zero-order valence-corrected chi connectivity index (χ0v) is 22.2. The van der Waals surface area contributed by atoms with Crippen molar-refractivity contribution in [3.05, 3.63) is 99.0 Å². The molecule has 2 N–H and O–H groups in total. The molecule has 186 valence electrons. The van der Waals surface area contributed by atoms with E-state index in [-0.39, 0.29) is 23.6 Å². The number of benzene rings is 3. The van der Waals surface area contributed by atoms with Crippen LogP contribution in [0.15, 0.2) is 76.8 Å². The molecular weight excluding hydrogens is 522 g/mol. The third kappa shape index (κ3) is 5.16. The Balaban J connectivity index is 1.85. The van der Waals surface area contributed by atoms with Crippen LogP contribution in [0.3, 0.4) is 0 Å². The van der Waals surface area contributed by atoms with Crippen LogP contribution in [0.25, 0.3) is 5.76 Å². The number of hydrogen-bond acceptors (Lipinski definition) is 5. The highest BCUT2D eigenvalue weighted by Gasteiger charge is 2.46. The summed E-state index contributed by atoms with van der Waals surface area (Å²) in [6.45, 7) is 7.79. The molecule has 1 heterocycles. The van der Waals surface area contributed by atoms with Gasteiger partial charge in [-0.2, -0.15) is 0 Å². The van der Waals surface area contributed by atoms with E-state index in [1.807, 2.05) is 52.0 Å². The third-order valence-corrected chi connectivity index (χ3v) is 6.80. The Morgan fingerprint density at radius 1 is 1.03 bits per heavy atom. The fraction of sp³-hybridized carbons (Fsp3) is 0.241. The molecule has 1 aliphatic rings. The number of hydrogen-bond donors (Lipinski definition) is 2. The molecule has 3 aromatic carbocycles. The number of aliphatic hydroxyl groups is 1. The number of nitrogens with zero attached hydrogens (tertiary/aromatic N) is 1. The molecule has 1 fully saturated rings. The van der Waals surface area contributed by atoms with Crippen molar-refractivity contribution in [2.75, 3.05) is 0 Å². The predicted molar refractivity (Wildman–Crippen MR) is 142 cm³/mol. The van der Waals surface area contributed by atoms with Crippen molar-refractivity contribution in [2.24, 2.45) is 0 Å². The number of Topliss-reactive ketones (excluding diaryl/α,β-unsaturated/α-hetero) is 1. The molecule has 0 aliphatic carbocycles. The van der Waals surface area contributed by atoms with E-state index >= 15 is 0 Å². The van der Waals surface area contributed by atoms with Crippen LogP contribution in [0.5, 0.6) is 11.5 Å². The van der Waals surface area contributed by atoms with Gasteiger partial charge in [-0.05, 0) is 69.2 Å². The average molecular weight is 550 g/mol. The molecule has 3 aromatic rings. The van der Waals surface area contributed by atoms with Crippen molar-refractivity contribution in [3.63, 3.8) is 0 Å². The van der Waals surface area contributed by atoms with Gasteiger partial charge < -0.3 is 19.8 Å². The lowest BCUT2D eigenvalue weighted by Gasteiger charge is -2.28. The summed E-state index contributed by atoms with van der Waals surface area (Å²) < 4.78 is 6.97. The van der Waals surface area contributed by atoms with Crippen LogP contribution in [0.2, 0.25) is 0 Å². The first kappa shape index (κ1) is 25.5. The molecule has 0 saturated carbocycles. The zero-order valence-electron chi connectivity index (χ0n) is 20.6. The van der Waals surface area contributed by atoms with Crippen molar-refractivity contribution in [3.8, 4) is 11.5 Å². The average Bonchev–Trinajstić information content (AvgIpc) is 3.06. The number of likely N-dealkylation sites (tertiary alicyclic amines) is 1. The molecule has 1 amide bonds. The molecular formula is C29H28BrNO5. The molecule has 1 atom stereocenters. The van der Waals surface area contributed by atoms with Gasteiger partial charge in [-0.25, -0.2) is 0 Å². The first-order valence-electron chi connectivity index (χ1n) is 11.6. The number of phenolic OH excluding ortho intramolecular Hbond substituents is 1. The van der Waals surface area contributed by atoms with Gasteiger partial charge in [0.05, 0.1) is 18.2 Å². The summed E-state index contributed by atoms with van der Waals surface area (Å²) in [6, 6.07) is 18.1. The molecule has 1 unspecified atom stereocenters. The van der Waals surface area contributed by atoms with Crippen LogP contribution in [0.1, 0.15) is 49.1 Å². The molecule has 1 aliphatic heterocycles. The first-order valence-corrected chi connectivity index (χ1v) is 12.4. The number of para-hydroxylation sites is 1. The largest absolute Gasteiger partial charge is 0.508 e. The summed E-state index contributed by atoms with van der Waals surface area (Å²) in [7, 11) is 0. The molecule has 7 heteroatoms. The Hall–Kier alpha value is -3.58. The third-order valence-electron chi connectivity index (χ3n) is 5.91. The molecule has 6 nitrogen and oxygen atoms in total. The second-order valence-corrected chi connectivity index (χ2v) is 10.7. The van der Waals surface area contributed by atoms with E-state index in [4.69, 9.17) is 4.74 Å². The lowest BCUT2D eigenvalue weighted by atomic mass is 9.94. The minimum absolute atomic E-state index is 0.00151. The number of ether oxygens (including phenoxy) is 1. The highest BCUT2D eigenvalue weighted by atomic mass is 79.9. The molecule has 1 saturated heterocycles. The van der Waals surface area contributed by atoms with E-state index in [1.165, 1.54) is 17.0 Å². The summed E-state index contributed by atoms with van der Waals surface area (Å²) in [6.07, 6.45) is 0. The fourth-order valence-electron chi connectivity index (χ4n) is 4.24. The molecule has 0 radical (unpaired) electrons. The Morgan fingerprint density at radius 3 is 2.33 bits per heavy atom. The summed E-state index contributed by atoms with van der Waals surface area (Å²) in [5.74, 6) is -1.05. The van der Waals surface area contributed by atoms with Gasteiger partial charge in [-0.15, -0.1) is 0 Å². The van der Waals surface area contributed by atoms with Crippen LogP contribution in [-0.4, -0.2) is 32.4 Å². The summed E-state index contributed by atoms with van der Waals surface area (Å²) >= 11 is 3.45. The van der Waals surface area contributed by atoms with Gasteiger partial charge in [0.2, 0.25) is 0 Å². The minimum Gasteiger partial charge on any atom is -0.508 e. The Bertz CT molecular complexity index is 1350. The topological polar surface area (TPSA) is 87.1 Å². The van der Waals surface area contributed by atoms with E-state index in [9.17, 15) is 19.8 Å². The first-order chi connectivity index (χ1) is 17.0. The Morgan fingerprint density at radius 2 is 1.69 bits per heavy atom. The monoisotopic (exact) mass is 549 g/mol. The Kier molecular flexibility index (Phi) is 6.96. The standard InChI is InChI=1S/C29H28BrNO5/c1-17-15-19(11-14-22(17)30)26(33)24-25(18-9-12-21(32)13-10-18)31(28(35)27(24)34)16-20-7-5-6-8-23(20)36-29(2,3)4/h5-15,25,32-33H,16H2,1-4H3/b26-24-. The van der Waals surface area contributed by atoms with Crippen LogP contribution < -0.4 is 4.74 Å². The van der Waals surface area contributed by atoms with Gasteiger partial charge in [0.15, 0.2) is 0 Å². The van der Waals surface area contributed by atoms with E-state index in [0.717, 1.165) is 15.6 Å². The zero-order chi connectivity index (χ0) is 26.2. The van der Waals surface area contributed by atoms with Crippen LogP contribution in [-0.2, 0) is 16.1 Å². The van der Waals surface area contributed by atoms with Gasteiger partial charge >= 0.3 is 0 Å². The van der Waals surface area contributed by atoms with E-state index in [0.29, 0.717) is 16.9 Å². The summed E-state index contributed by atoms with van der Waals surface area (Å²) in [4.78, 5) is 28.1. The number of phenols is 1. The Labute approximate surface area is 219 Å². The number of amides is 1. The van der Waals surface area contributed by atoms with Crippen molar-refractivity contribution < 1.29 is 24.5 Å². The molecule has 0 bridgehead atoms. The van der Waals surface area contributed by atoms with Crippen molar-refractivity contribution >= 4 is 33.4 Å². The number of halogens is 1. The van der Waals surface area contributed by atoms with Crippen molar-refractivity contribution in [1.29, 1.82) is 0 Å². The van der Waals surface area contributed by atoms with Gasteiger partial charge in [0.25, 0.3) is 11.7 Å². The fourth-order valence-corrected chi connectivity index (χ4v) is 4.49. The number of rotatable bonds is 5. The quantitative estimate of drug-likeness (QED) is 0.223. The number of ketones is 1. The van der Waals surface area contributed by atoms with Gasteiger partial charge in [0, 0.05) is 15.6 Å². The van der Waals surface area contributed by atoms with Crippen LogP contribution >= 0.6 is 15.9 Å². The van der Waals surface area contributed by atoms with Crippen LogP contribution in [0.4, 0.5) is 0 Å². The van der Waals surface area contributed by atoms with Gasteiger partial charge in [0.1, 0.15) is 22.9 Å². The maximum absolute atomic E-state index is 13.4. The number of carbonyl (C=O) groups is 2. The number of aryl methyl sites for hydroxylation is 1. The summed E-state index contributed by atoms with van der Waals surface area (Å²) in [5.41, 5.74) is 2.19. The van der Waals surface area contributed by atoms with E-state index in [1.54, 1.807) is 30.3 Å². The second-order valence-electron chi connectivity index (χ2n) is 9.80. The lowest BCUT2D eigenvalue weighted by Crippen LogP contribution is -2.30. The SMILES string of the molecule is Cc1cc(/C(O)=C2/C(=O)C(=O)N(Cc3ccccc3OC(C)(C)C)C2c2ccc(O)cc2)ccc1Br. The lowest BCUT2D eigenvalue weighted by molar-refractivity contribution is -0.140. The number of aromatic hydroxyl groups is 1. The smallest absolute Gasteiger partial charge is 0.295 e. The van der Waals surface area contributed by atoms with Gasteiger partial charge in [-0.1, -0.05) is 52.3 Å². The van der Waals surface area contributed by atoms with Crippen molar-refractivity contribution in [2.45, 2.75) is 45.9 Å². The summed E-state index contributed by atoms with van der Waals surface area (Å²) in [5, 5.41) is 21.1. The number of carbonyl (C=O) groups excluding carboxylic acids is 2. The highest BCUT2D eigenvalue weighted by Crippen LogP contribution is 2.41. The maximum Gasteiger partial charge on any atom is 0.295 e. The van der Waals surface area contributed by atoms with E-state index < -0.39 is 23.3 Å². The molecule has 0 spiro atoms. The predicted octanol–water partition coefficient (Wildman–Crippen LogP) is 6.26. The van der Waals surface area contributed by atoms with E-state index in [2.05, 4.69) is 15.9 Å². The maximum atomic E-state index is 13.4. The molecule has 0 aromatic heterocycles. The normalized spacial score (nSPS) is 17.5. The highest BCUT2D eigenvalue weighted by molar-refractivity contribution is 9.10. The molecule has 36 heavy (non-hydrogen) atoms. The van der Waals surface area contributed by atoms with Gasteiger partial charge in [-0.3, -0.25) is 9.59 Å². The minimum atomic E-state index is -0.850. The second kappa shape index (κ2) is 9.82. The van der Waals surface area contributed by atoms with Crippen LogP contribution in [0, 0.1) is 6.92 Å². The number of aliphatic hydroxyl groups excluding tert-OH is 1.